The first-order valence-electron chi connectivity index (χ1n) is 10.0. The van der Waals surface area contributed by atoms with Gasteiger partial charge in [0.15, 0.2) is 11.4 Å². The van der Waals surface area contributed by atoms with E-state index in [4.69, 9.17) is 9.26 Å². The molecular formula is C19H28N6O4. The summed E-state index contributed by atoms with van der Waals surface area (Å²) in [6, 6.07) is 1.74. The van der Waals surface area contributed by atoms with Crippen LogP contribution in [0.4, 0.5) is 0 Å². The molecule has 29 heavy (non-hydrogen) atoms. The summed E-state index contributed by atoms with van der Waals surface area (Å²) in [6.07, 6.45) is 5.25. The van der Waals surface area contributed by atoms with Gasteiger partial charge in [0.2, 0.25) is 0 Å². The van der Waals surface area contributed by atoms with Gasteiger partial charge in [0.05, 0.1) is 12.8 Å². The number of hydrogen-bond donors (Lipinski definition) is 1. The van der Waals surface area contributed by atoms with Crippen molar-refractivity contribution < 1.29 is 18.8 Å². The minimum atomic E-state index is -0.275. The van der Waals surface area contributed by atoms with Gasteiger partial charge in [-0.2, -0.15) is 0 Å². The largest absolute Gasteiger partial charge is 0.383 e. The van der Waals surface area contributed by atoms with Crippen LogP contribution in [0.2, 0.25) is 0 Å². The van der Waals surface area contributed by atoms with Gasteiger partial charge >= 0.3 is 0 Å². The van der Waals surface area contributed by atoms with Crippen molar-refractivity contribution in [1.29, 1.82) is 0 Å². The van der Waals surface area contributed by atoms with Gasteiger partial charge in [-0.05, 0) is 25.2 Å². The molecule has 0 saturated carbocycles. The van der Waals surface area contributed by atoms with E-state index in [1.165, 1.54) is 0 Å². The van der Waals surface area contributed by atoms with Crippen LogP contribution >= 0.6 is 0 Å². The molecule has 1 atom stereocenters. The number of amides is 2. The zero-order valence-electron chi connectivity index (χ0n) is 17.0. The van der Waals surface area contributed by atoms with Crippen molar-refractivity contribution in [3.05, 3.63) is 29.4 Å². The van der Waals surface area contributed by atoms with Gasteiger partial charge in [-0.1, -0.05) is 17.3 Å². The molecule has 0 aromatic carbocycles. The molecule has 0 bridgehead atoms. The second-order valence-electron chi connectivity index (χ2n) is 7.26. The Balaban J connectivity index is 1.54. The molecule has 0 spiro atoms. The third-order valence-corrected chi connectivity index (χ3v) is 4.89. The van der Waals surface area contributed by atoms with Crippen molar-refractivity contribution >= 4 is 11.8 Å². The Bertz CT molecular complexity index is 817. The maximum atomic E-state index is 12.7. The normalized spacial score (nSPS) is 16.8. The van der Waals surface area contributed by atoms with Crippen LogP contribution in [0.1, 0.15) is 52.9 Å². The Hall–Kier alpha value is -2.75. The highest BCUT2D eigenvalue weighted by Gasteiger charge is 2.27. The lowest BCUT2D eigenvalue weighted by Crippen LogP contribution is -2.41. The van der Waals surface area contributed by atoms with E-state index in [0.717, 1.165) is 31.4 Å². The van der Waals surface area contributed by atoms with Gasteiger partial charge in [-0.15, -0.1) is 5.10 Å². The van der Waals surface area contributed by atoms with Crippen molar-refractivity contribution in [2.45, 2.75) is 39.2 Å². The molecule has 2 aromatic rings. The zero-order valence-corrected chi connectivity index (χ0v) is 17.0. The molecule has 2 aromatic heterocycles. The topological polar surface area (TPSA) is 115 Å². The second-order valence-corrected chi connectivity index (χ2v) is 7.26. The summed E-state index contributed by atoms with van der Waals surface area (Å²) in [7, 11) is 1.58. The first-order valence-corrected chi connectivity index (χ1v) is 10.0. The maximum absolute atomic E-state index is 12.7. The molecule has 2 amide bonds. The predicted octanol–water partition coefficient (Wildman–Crippen LogP) is 1.15. The quantitative estimate of drug-likeness (QED) is 0.623. The second kappa shape index (κ2) is 10.1. The fourth-order valence-corrected chi connectivity index (χ4v) is 3.45. The van der Waals surface area contributed by atoms with E-state index in [1.807, 2.05) is 4.90 Å². The molecule has 1 saturated heterocycles. The molecular weight excluding hydrogens is 376 g/mol. The standard InChI is InChI=1S/C19H28N6O4/c1-3-5-15-10-16(22-29-15)19(27)24-8-4-6-14(11-24)12-25-13-17(21-23-25)18(26)20-7-9-28-2/h10,13-14H,3-9,11-12H2,1-2H3,(H,20,26)/t14-/m0/s1. The number of likely N-dealkylation sites (tertiary alicyclic amines) is 1. The number of nitrogens with one attached hydrogen (secondary N) is 1. The number of piperidine rings is 1. The summed E-state index contributed by atoms with van der Waals surface area (Å²) in [5, 5.41) is 14.6. The van der Waals surface area contributed by atoms with Crippen molar-refractivity contribution in [3.8, 4) is 0 Å². The molecule has 0 unspecified atom stereocenters. The van der Waals surface area contributed by atoms with Gasteiger partial charge in [0.1, 0.15) is 5.76 Å². The number of methoxy groups -OCH3 is 1. The Morgan fingerprint density at radius 1 is 1.38 bits per heavy atom. The van der Waals surface area contributed by atoms with E-state index >= 15 is 0 Å². The summed E-state index contributed by atoms with van der Waals surface area (Å²) in [5.41, 5.74) is 0.640. The molecule has 1 N–H and O–H groups in total. The number of carbonyl (C=O) groups excluding carboxylic acids is 2. The minimum absolute atomic E-state index is 0.0994. The fraction of sp³-hybridized carbons (Fsp3) is 0.632. The Morgan fingerprint density at radius 2 is 2.24 bits per heavy atom. The van der Waals surface area contributed by atoms with Crippen molar-refractivity contribution in [2.24, 2.45) is 5.92 Å². The third-order valence-electron chi connectivity index (χ3n) is 4.89. The number of carbonyl (C=O) groups is 2. The highest BCUT2D eigenvalue weighted by atomic mass is 16.5. The van der Waals surface area contributed by atoms with Crippen LogP contribution in [0.25, 0.3) is 0 Å². The molecule has 1 aliphatic rings. The van der Waals surface area contributed by atoms with Crippen LogP contribution in [0.15, 0.2) is 16.8 Å². The lowest BCUT2D eigenvalue weighted by Gasteiger charge is -2.32. The van der Waals surface area contributed by atoms with Crippen molar-refractivity contribution in [2.75, 3.05) is 33.4 Å². The van der Waals surface area contributed by atoms with E-state index in [2.05, 4.69) is 27.7 Å². The molecule has 3 heterocycles. The van der Waals surface area contributed by atoms with Crippen LogP contribution in [-0.2, 0) is 17.7 Å². The van der Waals surface area contributed by atoms with Crippen LogP contribution in [0, 0.1) is 5.92 Å². The fourth-order valence-electron chi connectivity index (χ4n) is 3.45. The minimum Gasteiger partial charge on any atom is -0.383 e. The maximum Gasteiger partial charge on any atom is 0.276 e. The van der Waals surface area contributed by atoms with Gasteiger partial charge in [-0.25, -0.2) is 0 Å². The predicted molar refractivity (Wildman–Crippen MR) is 103 cm³/mol. The Morgan fingerprint density at radius 3 is 3.03 bits per heavy atom. The van der Waals surface area contributed by atoms with E-state index < -0.39 is 0 Å². The van der Waals surface area contributed by atoms with Crippen molar-refractivity contribution in [1.82, 2.24) is 30.4 Å². The van der Waals surface area contributed by atoms with E-state index in [1.54, 1.807) is 24.1 Å². The number of hydrogen-bond acceptors (Lipinski definition) is 7. The summed E-state index contributed by atoms with van der Waals surface area (Å²) >= 11 is 0. The summed E-state index contributed by atoms with van der Waals surface area (Å²) in [4.78, 5) is 26.6. The molecule has 3 rings (SSSR count). The first kappa shape index (κ1) is 21.0. The number of aryl methyl sites for hydroxylation is 1. The van der Waals surface area contributed by atoms with Gasteiger partial charge in [-0.3, -0.25) is 14.3 Å². The molecule has 0 radical (unpaired) electrons. The lowest BCUT2D eigenvalue weighted by atomic mass is 9.97. The average Bonchev–Trinajstić information content (AvgIpc) is 3.38. The number of nitrogens with zero attached hydrogens (tertiary/aromatic N) is 5. The lowest BCUT2D eigenvalue weighted by molar-refractivity contribution is 0.0649. The van der Waals surface area contributed by atoms with E-state index in [-0.39, 0.29) is 23.4 Å². The van der Waals surface area contributed by atoms with Crippen LogP contribution in [0.5, 0.6) is 0 Å². The molecule has 1 fully saturated rings. The van der Waals surface area contributed by atoms with E-state index in [0.29, 0.717) is 38.5 Å². The van der Waals surface area contributed by atoms with Crippen LogP contribution < -0.4 is 5.32 Å². The van der Waals surface area contributed by atoms with Gasteiger partial charge in [0, 0.05) is 45.8 Å². The summed E-state index contributed by atoms with van der Waals surface area (Å²) in [5.74, 6) is 0.601. The summed E-state index contributed by atoms with van der Waals surface area (Å²) < 4.78 is 11.8. The molecule has 10 heteroatoms. The number of ether oxygens (including phenoxy) is 1. The monoisotopic (exact) mass is 404 g/mol. The zero-order chi connectivity index (χ0) is 20.6. The first-order chi connectivity index (χ1) is 14.1. The smallest absolute Gasteiger partial charge is 0.276 e. The third kappa shape index (κ3) is 5.63. The molecule has 0 aliphatic carbocycles. The highest BCUT2D eigenvalue weighted by molar-refractivity contribution is 5.92. The van der Waals surface area contributed by atoms with Gasteiger partial charge < -0.3 is 19.5 Å². The Kier molecular flexibility index (Phi) is 7.34. The van der Waals surface area contributed by atoms with Crippen LogP contribution in [-0.4, -0.2) is 70.2 Å². The SMILES string of the molecule is CCCc1cc(C(=O)N2CCC[C@H](Cn3cc(C(=O)NCCOC)nn3)C2)no1. The molecule has 10 nitrogen and oxygen atoms in total. The number of aromatic nitrogens is 4. The Labute approximate surface area is 169 Å². The van der Waals surface area contributed by atoms with E-state index in [9.17, 15) is 9.59 Å². The van der Waals surface area contributed by atoms with Crippen LogP contribution in [0.3, 0.4) is 0 Å². The highest BCUT2D eigenvalue weighted by Crippen LogP contribution is 2.20. The molecule has 158 valence electrons. The number of rotatable bonds is 9. The van der Waals surface area contributed by atoms with Crippen molar-refractivity contribution in [3.63, 3.8) is 0 Å². The average molecular weight is 404 g/mol. The summed E-state index contributed by atoms with van der Waals surface area (Å²) in [6.45, 7) is 4.83. The molecule has 1 aliphatic heterocycles. The van der Waals surface area contributed by atoms with Gasteiger partial charge in [0.25, 0.3) is 11.8 Å².